The minimum Gasteiger partial charge on any atom is -0.439 e. The molecule has 5 heteroatoms. The zero-order valence-electron chi connectivity index (χ0n) is 8.15. The number of nitrogen functional groups attached to an aromatic ring is 1. The average molecular weight is 283 g/mol. The molecule has 0 amide bonds. The molecule has 1 aromatic heterocycles. The molecule has 0 bridgehead atoms. The molecule has 0 aliphatic carbocycles. The van der Waals surface area contributed by atoms with Gasteiger partial charge < -0.3 is 10.5 Å². The third-order valence-corrected chi connectivity index (χ3v) is 2.48. The number of anilines is 1. The number of hydrogen-bond donors (Lipinski definition) is 1. The van der Waals surface area contributed by atoms with E-state index in [-0.39, 0.29) is 5.82 Å². The van der Waals surface area contributed by atoms with Crippen LogP contribution in [0.2, 0.25) is 0 Å². The molecule has 0 atom stereocenters. The number of halogens is 2. The van der Waals surface area contributed by atoms with E-state index in [0.29, 0.717) is 21.8 Å². The first-order chi connectivity index (χ1) is 7.65. The minimum absolute atomic E-state index is 0.340. The van der Waals surface area contributed by atoms with E-state index >= 15 is 0 Å². The van der Waals surface area contributed by atoms with Gasteiger partial charge in [0, 0.05) is 18.0 Å². The average Bonchev–Trinajstić information content (AvgIpc) is 2.24. The van der Waals surface area contributed by atoms with Crippen molar-refractivity contribution in [3.63, 3.8) is 0 Å². The van der Waals surface area contributed by atoms with E-state index in [1.807, 2.05) is 0 Å². The third kappa shape index (κ3) is 2.49. The summed E-state index contributed by atoms with van der Waals surface area (Å²) in [4.78, 5) is 3.98. The molecule has 3 nitrogen and oxygen atoms in total. The van der Waals surface area contributed by atoms with E-state index in [9.17, 15) is 4.39 Å². The lowest BCUT2D eigenvalue weighted by Crippen LogP contribution is -1.91. The van der Waals surface area contributed by atoms with Crippen molar-refractivity contribution in [2.24, 2.45) is 0 Å². The molecule has 0 unspecified atom stereocenters. The number of aromatic nitrogens is 1. The standard InChI is InChI=1S/C11H8BrFN2O/c12-9-6-8(1-2-10(9)13)16-11-5-7(14)3-4-15-11/h1-6H,(H2,14,15). The summed E-state index contributed by atoms with van der Waals surface area (Å²) >= 11 is 3.07. The molecule has 0 aliphatic heterocycles. The molecule has 0 fully saturated rings. The highest BCUT2D eigenvalue weighted by atomic mass is 79.9. The molecule has 2 rings (SSSR count). The van der Waals surface area contributed by atoms with Gasteiger partial charge in [-0.3, -0.25) is 0 Å². The Morgan fingerprint density at radius 1 is 1.25 bits per heavy atom. The molecule has 82 valence electrons. The van der Waals surface area contributed by atoms with Crippen LogP contribution in [-0.2, 0) is 0 Å². The summed E-state index contributed by atoms with van der Waals surface area (Å²) in [5, 5.41) is 0. The highest BCUT2D eigenvalue weighted by Gasteiger charge is 2.03. The maximum Gasteiger partial charge on any atom is 0.221 e. The Hall–Kier alpha value is -1.62. The van der Waals surface area contributed by atoms with Crippen molar-refractivity contribution < 1.29 is 9.13 Å². The zero-order chi connectivity index (χ0) is 11.5. The molecule has 0 spiro atoms. The van der Waals surface area contributed by atoms with Gasteiger partial charge in [0.1, 0.15) is 11.6 Å². The molecule has 0 aliphatic rings. The van der Waals surface area contributed by atoms with Gasteiger partial charge in [0.05, 0.1) is 4.47 Å². The molecule has 16 heavy (non-hydrogen) atoms. The fourth-order valence-electron chi connectivity index (χ4n) is 1.14. The lowest BCUT2D eigenvalue weighted by atomic mass is 10.3. The normalized spacial score (nSPS) is 10.1. The van der Waals surface area contributed by atoms with Crippen LogP contribution in [0.5, 0.6) is 11.6 Å². The van der Waals surface area contributed by atoms with E-state index in [1.54, 1.807) is 18.3 Å². The summed E-state index contributed by atoms with van der Waals surface area (Å²) in [5.41, 5.74) is 6.14. The van der Waals surface area contributed by atoms with E-state index < -0.39 is 0 Å². The molecule has 0 radical (unpaired) electrons. The van der Waals surface area contributed by atoms with E-state index in [2.05, 4.69) is 20.9 Å². The second-order valence-electron chi connectivity index (χ2n) is 3.11. The Balaban J connectivity index is 2.24. The van der Waals surface area contributed by atoms with Crippen LogP contribution in [0, 0.1) is 5.82 Å². The Morgan fingerprint density at radius 3 is 2.75 bits per heavy atom. The van der Waals surface area contributed by atoms with Gasteiger partial charge in [0.25, 0.3) is 0 Å². The topological polar surface area (TPSA) is 48.1 Å². The molecule has 2 N–H and O–H groups in total. The van der Waals surface area contributed by atoms with Gasteiger partial charge in [-0.05, 0) is 40.2 Å². The van der Waals surface area contributed by atoms with E-state index in [4.69, 9.17) is 10.5 Å². The fraction of sp³-hybridized carbons (Fsp3) is 0. The van der Waals surface area contributed by atoms with Gasteiger partial charge in [-0.1, -0.05) is 0 Å². The van der Waals surface area contributed by atoms with E-state index in [0.717, 1.165) is 0 Å². The lowest BCUT2D eigenvalue weighted by Gasteiger charge is -2.05. The van der Waals surface area contributed by atoms with Gasteiger partial charge >= 0.3 is 0 Å². The Bertz CT molecular complexity index is 519. The monoisotopic (exact) mass is 282 g/mol. The molecular weight excluding hydrogens is 275 g/mol. The summed E-state index contributed by atoms with van der Waals surface area (Å²) in [7, 11) is 0. The summed E-state index contributed by atoms with van der Waals surface area (Å²) in [6, 6.07) is 7.61. The fourth-order valence-corrected chi connectivity index (χ4v) is 1.50. The summed E-state index contributed by atoms with van der Waals surface area (Å²) < 4.78 is 18.7. The maximum atomic E-state index is 13.0. The Morgan fingerprint density at radius 2 is 2.06 bits per heavy atom. The second kappa shape index (κ2) is 4.49. The highest BCUT2D eigenvalue weighted by Crippen LogP contribution is 2.25. The van der Waals surface area contributed by atoms with Gasteiger partial charge in [-0.15, -0.1) is 0 Å². The Labute approximate surface area is 100 Å². The molecule has 2 aromatic rings. The maximum absolute atomic E-state index is 13.0. The first-order valence-electron chi connectivity index (χ1n) is 4.49. The van der Waals surface area contributed by atoms with Crippen LogP contribution in [0.15, 0.2) is 41.0 Å². The van der Waals surface area contributed by atoms with Gasteiger partial charge in [-0.25, -0.2) is 9.37 Å². The van der Waals surface area contributed by atoms with Gasteiger partial charge in [0.2, 0.25) is 5.88 Å². The molecule has 1 heterocycles. The highest BCUT2D eigenvalue weighted by molar-refractivity contribution is 9.10. The van der Waals surface area contributed by atoms with Crippen LogP contribution in [0.1, 0.15) is 0 Å². The van der Waals surface area contributed by atoms with Crippen molar-refractivity contribution >= 4 is 21.6 Å². The van der Waals surface area contributed by atoms with Crippen LogP contribution in [0.4, 0.5) is 10.1 Å². The van der Waals surface area contributed by atoms with Crippen molar-refractivity contribution in [1.82, 2.24) is 4.98 Å². The quantitative estimate of drug-likeness (QED) is 0.919. The summed E-state index contributed by atoms with van der Waals surface area (Å²) in [6.07, 6.45) is 1.54. The second-order valence-corrected chi connectivity index (χ2v) is 3.96. The first-order valence-corrected chi connectivity index (χ1v) is 5.29. The van der Waals surface area contributed by atoms with Gasteiger partial charge in [0.15, 0.2) is 0 Å². The van der Waals surface area contributed by atoms with Crippen LogP contribution < -0.4 is 10.5 Å². The molecule has 0 saturated carbocycles. The van der Waals surface area contributed by atoms with Gasteiger partial charge in [-0.2, -0.15) is 0 Å². The first kappa shape index (κ1) is 10.9. The number of nitrogens with two attached hydrogens (primary N) is 1. The zero-order valence-corrected chi connectivity index (χ0v) is 9.74. The van der Waals surface area contributed by atoms with Crippen molar-refractivity contribution in [2.45, 2.75) is 0 Å². The third-order valence-electron chi connectivity index (χ3n) is 1.87. The van der Waals surface area contributed by atoms with Crippen LogP contribution >= 0.6 is 15.9 Å². The summed E-state index contributed by atoms with van der Waals surface area (Å²) in [6.45, 7) is 0. The number of nitrogens with zero attached hydrogens (tertiary/aromatic N) is 1. The number of benzene rings is 1. The van der Waals surface area contributed by atoms with Crippen molar-refractivity contribution in [3.8, 4) is 11.6 Å². The largest absolute Gasteiger partial charge is 0.439 e. The van der Waals surface area contributed by atoms with Crippen LogP contribution in [0.25, 0.3) is 0 Å². The van der Waals surface area contributed by atoms with Crippen LogP contribution in [0.3, 0.4) is 0 Å². The molecular formula is C11H8BrFN2O. The van der Waals surface area contributed by atoms with Crippen molar-refractivity contribution in [3.05, 3.63) is 46.8 Å². The Kier molecular flexibility index (Phi) is 3.05. The van der Waals surface area contributed by atoms with Crippen molar-refractivity contribution in [2.75, 3.05) is 5.73 Å². The number of hydrogen-bond acceptors (Lipinski definition) is 3. The summed E-state index contributed by atoms with van der Waals surface area (Å²) in [5.74, 6) is 0.526. The van der Waals surface area contributed by atoms with Crippen LogP contribution in [-0.4, -0.2) is 4.98 Å². The lowest BCUT2D eigenvalue weighted by molar-refractivity contribution is 0.461. The van der Waals surface area contributed by atoms with Crippen molar-refractivity contribution in [1.29, 1.82) is 0 Å². The van der Waals surface area contributed by atoms with E-state index in [1.165, 1.54) is 18.2 Å². The SMILES string of the molecule is Nc1ccnc(Oc2ccc(F)c(Br)c2)c1. The predicted molar refractivity (Wildman–Crippen MR) is 62.8 cm³/mol. The number of ether oxygens (including phenoxy) is 1. The smallest absolute Gasteiger partial charge is 0.221 e. The minimum atomic E-state index is -0.340. The predicted octanol–water partition coefficient (Wildman–Crippen LogP) is 3.36. The number of pyridine rings is 1. The molecule has 1 aromatic carbocycles. The number of rotatable bonds is 2. The molecule has 0 saturated heterocycles.